The lowest BCUT2D eigenvalue weighted by Gasteiger charge is -2.23. The van der Waals surface area contributed by atoms with E-state index in [4.69, 9.17) is 0 Å². The first kappa shape index (κ1) is 18.9. The lowest BCUT2D eigenvalue weighted by atomic mass is 9.99. The van der Waals surface area contributed by atoms with Gasteiger partial charge in [-0.1, -0.05) is 32.4 Å². The van der Waals surface area contributed by atoms with Crippen LogP contribution in [-0.2, 0) is 24.3 Å². The van der Waals surface area contributed by atoms with E-state index in [9.17, 15) is 22.8 Å². The molecule has 1 aliphatic heterocycles. The monoisotopic (exact) mass is 368 g/mol. The van der Waals surface area contributed by atoms with Gasteiger partial charge in [0.25, 0.3) is 15.9 Å². The number of fused-ring (bicyclic) bond motifs is 1. The van der Waals surface area contributed by atoms with Crippen LogP contribution in [0.15, 0.2) is 29.2 Å². The fourth-order valence-electron chi connectivity index (χ4n) is 2.53. The molecule has 0 aromatic heterocycles. The van der Waals surface area contributed by atoms with Crippen LogP contribution in [0, 0.1) is 5.92 Å². The molecule has 25 heavy (non-hydrogen) atoms. The van der Waals surface area contributed by atoms with Crippen LogP contribution in [0.5, 0.6) is 0 Å². The second kappa shape index (κ2) is 7.22. The van der Waals surface area contributed by atoms with E-state index in [2.05, 4.69) is 10.1 Å². The van der Waals surface area contributed by atoms with Gasteiger partial charge in [0.05, 0.1) is 12.7 Å². The number of amides is 2. The van der Waals surface area contributed by atoms with E-state index in [1.165, 1.54) is 25.3 Å². The van der Waals surface area contributed by atoms with Gasteiger partial charge < -0.3 is 10.1 Å². The van der Waals surface area contributed by atoms with Crippen molar-refractivity contribution >= 4 is 27.8 Å². The number of nitrogens with one attached hydrogen (secondary N) is 1. The van der Waals surface area contributed by atoms with Crippen LogP contribution in [0.1, 0.15) is 30.6 Å². The molecule has 1 aliphatic rings. The van der Waals surface area contributed by atoms with Gasteiger partial charge in [-0.05, 0) is 18.1 Å². The van der Waals surface area contributed by atoms with Crippen molar-refractivity contribution in [3.05, 3.63) is 29.8 Å². The molecular weight excluding hydrogens is 348 g/mol. The van der Waals surface area contributed by atoms with Crippen molar-refractivity contribution in [1.29, 1.82) is 0 Å². The van der Waals surface area contributed by atoms with Crippen LogP contribution in [0.2, 0.25) is 0 Å². The zero-order valence-corrected chi connectivity index (χ0v) is 15.0. The van der Waals surface area contributed by atoms with Crippen molar-refractivity contribution in [2.45, 2.75) is 31.2 Å². The van der Waals surface area contributed by atoms with Gasteiger partial charge in [-0.25, -0.2) is 17.5 Å². The summed E-state index contributed by atoms with van der Waals surface area (Å²) in [4.78, 5) is 36.2. The van der Waals surface area contributed by atoms with E-state index < -0.39 is 40.4 Å². The predicted molar refractivity (Wildman–Crippen MR) is 88.1 cm³/mol. The molecule has 2 rings (SSSR count). The SMILES string of the molecule is CC[C@@H](C)[C@H](NC(=O)CN1C(=O)c2ccccc2S1(=O)=O)C(=O)OC. The number of benzene rings is 1. The average Bonchev–Trinajstić information content (AvgIpc) is 2.79. The Kier molecular flexibility index (Phi) is 5.46. The molecule has 0 unspecified atom stereocenters. The minimum Gasteiger partial charge on any atom is -0.467 e. The molecule has 2 atom stereocenters. The Morgan fingerprint density at radius 1 is 1.28 bits per heavy atom. The third-order valence-corrected chi connectivity index (χ3v) is 5.97. The maximum atomic E-state index is 12.4. The number of carbonyl (C=O) groups is 3. The number of methoxy groups -OCH3 is 1. The minimum atomic E-state index is -4.07. The summed E-state index contributed by atoms with van der Waals surface area (Å²) in [5.41, 5.74) is 0.0294. The zero-order valence-electron chi connectivity index (χ0n) is 14.2. The van der Waals surface area contributed by atoms with Gasteiger partial charge in [-0.15, -0.1) is 0 Å². The summed E-state index contributed by atoms with van der Waals surface area (Å²) in [6.45, 7) is 2.91. The molecule has 1 aromatic rings. The van der Waals surface area contributed by atoms with E-state index in [-0.39, 0.29) is 16.4 Å². The largest absolute Gasteiger partial charge is 0.467 e. The quantitative estimate of drug-likeness (QED) is 0.734. The Morgan fingerprint density at radius 3 is 2.48 bits per heavy atom. The Balaban J connectivity index is 2.18. The smallest absolute Gasteiger partial charge is 0.328 e. The highest BCUT2D eigenvalue weighted by molar-refractivity contribution is 7.90. The average molecular weight is 368 g/mol. The first-order chi connectivity index (χ1) is 11.7. The standard InChI is InChI=1S/C16H20N2O6S/c1-4-10(2)14(16(21)24-3)17-13(19)9-18-15(20)11-7-5-6-8-12(11)25(18,22)23/h5-8,10,14H,4,9H2,1-3H3,(H,17,19)/t10-,14+/m1/s1. The maximum Gasteiger partial charge on any atom is 0.328 e. The lowest BCUT2D eigenvalue weighted by molar-refractivity contribution is -0.146. The van der Waals surface area contributed by atoms with E-state index in [1.54, 1.807) is 13.0 Å². The highest BCUT2D eigenvalue weighted by Gasteiger charge is 2.42. The first-order valence-corrected chi connectivity index (χ1v) is 9.21. The second-order valence-corrected chi connectivity index (χ2v) is 7.60. The first-order valence-electron chi connectivity index (χ1n) is 7.77. The topological polar surface area (TPSA) is 110 Å². The van der Waals surface area contributed by atoms with Gasteiger partial charge in [0.15, 0.2) is 0 Å². The molecule has 1 N–H and O–H groups in total. The fourth-order valence-corrected chi connectivity index (χ4v) is 4.06. The second-order valence-electron chi connectivity index (χ2n) is 5.77. The summed E-state index contributed by atoms with van der Waals surface area (Å²) in [5.74, 6) is -2.34. The molecule has 136 valence electrons. The van der Waals surface area contributed by atoms with Crippen LogP contribution < -0.4 is 5.32 Å². The van der Waals surface area contributed by atoms with Crippen LogP contribution in [-0.4, -0.2) is 50.2 Å². The van der Waals surface area contributed by atoms with Gasteiger partial charge in [-0.2, -0.15) is 0 Å². The van der Waals surface area contributed by atoms with Crippen molar-refractivity contribution in [2.75, 3.05) is 13.7 Å². The Bertz CT molecular complexity index is 805. The third-order valence-electron chi connectivity index (χ3n) is 4.18. The summed E-state index contributed by atoms with van der Waals surface area (Å²) in [7, 11) is -2.87. The number of carbonyl (C=O) groups excluding carboxylic acids is 3. The van der Waals surface area contributed by atoms with Crippen LogP contribution in [0.4, 0.5) is 0 Å². The molecule has 2 amide bonds. The highest BCUT2D eigenvalue weighted by Crippen LogP contribution is 2.29. The lowest BCUT2D eigenvalue weighted by Crippen LogP contribution is -2.49. The molecule has 0 aliphatic carbocycles. The molecule has 0 radical (unpaired) electrons. The minimum absolute atomic E-state index is 0.0294. The van der Waals surface area contributed by atoms with Gasteiger partial charge in [0.1, 0.15) is 17.5 Å². The van der Waals surface area contributed by atoms with E-state index in [0.29, 0.717) is 10.7 Å². The molecule has 1 aromatic carbocycles. The number of sulfonamides is 1. The number of nitrogens with zero attached hydrogens (tertiary/aromatic N) is 1. The van der Waals surface area contributed by atoms with Crippen molar-refractivity contribution in [3.8, 4) is 0 Å². The van der Waals surface area contributed by atoms with Gasteiger partial charge >= 0.3 is 5.97 Å². The van der Waals surface area contributed by atoms with Crippen molar-refractivity contribution in [1.82, 2.24) is 9.62 Å². The Morgan fingerprint density at radius 2 is 1.92 bits per heavy atom. The van der Waals surface area contributed by atoms with E-state index in [1.807, 2.05) is 6.92 Å². The molecule has 0 fully saturated rings. The summed E-state index contributed by atoms with van der Waals surface area (Å²) in [5, 5.41) is 2.46. The van der Waals surface area contributed by atoms with E-state index in [0.717, 1.165) is 0 Å². The van der Waals surface area contributed by atoms with Crippen LogP contribution >= 0.6 is 0 Å². The summed E-state index contributed by atoms with van der Waals surface area (Å²) in [6, 6.07) is 4.85. The number of hydrogen-bond acceptors (Lipinski definition) is 6. The summed E-state index contributed by atoms with van der Waals surface area (Å²) < 4.78 is 30.0. The Labute approximate surface area is 146 Å². The van der Waals surface area contributed by atoms with E-state index >= 15 is 0 Å². The maximum absolute atomic E-state index is 12.4. The van der Waals surface area contributed by atoms with Gasteiger partial charge in [-0.3, -0.25) is 9.59 Å². The van der Waals surface area contributed by atoms with Crippen LogP contribution in [0.3, 0.4) is 0 Å². The number of ether oxygens (including phenoxy) is 1. The van der Waals surface area contributed by atoms with Crippen LogP contribution in [0.25, 0.3) is 0 Å². The van der Waals surface area contributed by atoms with Crippen molar-refractivity contribution in [2.24, 2.45) is 5.92 Å². The molecule has 9 heteroatoms. The molecule has 0 saturated heterocycles. The van der Waals surface area contributed by atoms with Gasteiger partial charge in [0.2, 0.25) is 5.91 Å². The molecule has 0 spiro atoms. The molecule has 1 heterocycles. The zero-order chi connectivity index (χ0) is 18.8. The molecular formula is C16H20N2O6S. The normalized spacial score (nSPS) is 17.6. The Hall–Kier alpha value is -2.42. The fraction of sp³-hybridized carbons (Fsp3) is 0.438. The molecule has 0 saturated carbocycles. The summed E-state index contributed by atoms with van der Waals surface area (Å²) in [6.07, 6.45) is 0.604. The van der Waals surface area contributed by atoms with Crippen molar-refractivity contribution in [3.63, 3.8) is 0 Å². The van der Waals surface area contributed by atoms with Gasteiger partial charge in [0, 0.05) is 0 Å². The molecule has 0 bridgehead atoms. The van der Waals surface area contributed by atoms with Crippen molar-refractivity contribution < 1.29 is 27.5 Å². The predicted octanol–water partition coefficient (Wildman–Crippen LogP) is 0.535. The third kappa shape index (κ3) is 3.51. The highest BCUT2D eigenvalue weighted by atomic mass is 32.2. The number of esters is 1. The number of rotatable bonds is 6. The number of hydrogen-bond donors (Lipinski definition) is 1. The summed E-state index contributed by atoms with van der Waals surface area (Å²) >= 11 is 0. The molecule has 8 nitrogen and oxygen atoms in total.